The van der Waals surface area contributed by atoms with Crippen molar-refractivity contribution in [1.29, 1.82) is 0 Å². The van der Waals surface area contributed by atoms with Crippen LogP contribution in [0.25, 0.3) is 0 Å². The van der Waals surface area contributed by atoms with Crippen LogP contribution in [-0.4, -0.2) is 24.3 Å². The molecule has 1 saturated heterocycles. The molecule has 2 nitrogen and oxygen atoms in total. The standard InChI is InChI=1S/C11H21NO/c13-12(8-3-4-9-12)10-7-11-5-1-2-6-11/h11H,1-10H2. The summed E-state index contributed by atoms with van der Waals surface area (Å²) in [7, 11) is 0. The SMILES string of the molecule is [O-][N+]1(CCC2CCCC2)CCCC1. The minimum Gasteiger partial charge on any atom is -0.633 e. The van der Waals surface area contributed by atoms with Gasteiger partial charge >= 0.3 is 0 Å². The van der Waals surface area contributed by atoms with E-state index in [1.54, 1.807) is 0 Å². The van der Waals surface area contributed by atoms with Gasteiger partial charge in [0, 0.05) is 12.8 Å². The summed E-state index contributed by atoms with van der Waals surface area (Å²) < 4.78 is 0.135. The van der Waals surface area contributed by atoms with Gasteiger partial charge in [-0.3, -0.25) is 0 Å². The van der Waals surface area contributed by atoms with Crippen LogP contribution in [0.3, 0.4) is 0 Å². The molecule has 2 aliphatic rings. The molecule has 1 saturated carbocycles. The Morgan fingerprint density at radius 2 is 1.62 bits per heavy atom. The highest BCUT2D eigenvalue weighted by molar-refractivity contribution is 4.68. The molecule has 1 aliphatic carbocycles. The fraction of sp³-hybridized carbons (Fsp3) is 1.00. The predicted molar refractivity (Wildman–Crippen MR) is 54.0 cm³/mol. The molecular weight excluding hydrogens is 162 g/mol. The lowest BCUT2D eigenvalue weighted by Gasteiger charge is -2.39. The smallest absolute Gasteiger partial charge is 0.0786 e. The molecule has 0 unspecified atom stereocenters. The first-order chi connectivity index (χ1) is 6.29. The van der Waals surface area contributed by atoms with E-state index in [4.69, 9.17) is 0 Å². The second kappa shape index (κ2) is 3.97. The third-order valence-corrected chi connectivity index (χ3v) is 3.80. The zero-order valence-electron chi connectivity index (χ0n) is 8.50. The average molecular weight is 183 g/mol. The predicted octanol–water partition coefficient (Wildman–Crippen LogP) is 2.68. The lowest BCUT2D eigenvalue weighted by molar-refractivity contribution is -0.868. The van der Waals surface area contributed by atoms with E-state index in [0.29, 0.717) is 0 Å². The maximum absolute atomic E-state index is 12.0. The highest BCUT2D eigenvalue weighted by Crippen LogP contribution is 2.29. The molecule has 0 aromatic heterocycles. The van der Waals surface area contributed by atoms with Crippen LogP contribution in [0.1, 0.15) is 44.9 Å². The number of quaternary nitrogens is 1. The number of rotatable bonds is 3. The molecular formula is C11H21NO. The van der Waals surface area contributed by atoms with Crippen molar-refractivity contribution < 1.29 is 4.65 Å². The van der Waals surface area contributed by atoms with E-state index in [1.807, 2.05) is 0 Å². The Bertz CT molecular complexity index is 157. The van der Waals surface area contributed by atoms with Crippen molar-refractivity contribution in [3.63, 3.8) is 0 Å². The summed E-state index contributed by atoms with van der Waals surface area (Å²) in [5.41, 5.74) is 0. The Balaban J connectivity index is 1.71. The lowest BCUT2D eigenvalue weighted by atomic mass is 10.0. The van der Waals surface area contributed by atoms with E-state index >= 15 is 0 Å². The molecule has 2 rings (SSSR count). The van der Waals surface area contributed by atoms with E-state index in [-0.39, 0.29) is 4.65 Å². The summed E-state index contributed by atoms with van der Waals surface area (Å²) in [5.74, 6) is 0.893. The molecule has 76 valence electrons. The Kier molecular flexibility index (Phi) is 2.89. The zero-order valence-corrected chi connectivity index (χ0v) is 8.50. The summed E-state index contributed by atoms with van der Waals surface area (Å²) in [4.78, 5) is 0. The van der Waals surface area contributed by atoms with Crippen molar-refractivity contribution in [1.82, 2.24) is 0 Å². The quantitative estimate of drug-likeness (QED) is 0.487. The summed E-state index contributed by atoms with van der Waals surface area (Å²) in [6, 6.07) is 0. The number of hydrogen-bond donors (Lipinski definition) is 0. The maximum atomic E-state index is 12.0. The minimum atomic E-state index is 0.135. The van der Waals surface area contributed by atoms with Gasteiger partial charge < -0.3 is 9.85 Å². The van der Waals surface area contributed by atoms with Gasteiger partial charge in [0.15, 0.2) is 0 Å². The summed E-state index contributed by atoms with van der Waals surface area (Å²) >= 11 is 0. The van der Waals surface area contributed by atoms with Crippen LogP contribution < -0.4 is 0 Å². The van der Waals surface area contributed by atoms with Gasteiger partial charge in [-0.1, -0.05) is 25.7 Å². The molecule has 13 heavy (non-hydrogen) atoms. The third-order valence-electron chi connectivity index (χ3n) is 3.80. The minimum absolute atomic E-state index is 0.135. The third kappa shape index (κ3) is 2.44. The Morgan fingerprint density at radius 1 is 1.00 bits per heavy atom. The van der Waals surface area contributed by atoms with Crippen molar-refractivity contribution in [2.24, 2.45) is 5.92 Å². The van der Waals surface area contributed by atoms with Crippen molar-refractivity contribution in [3.8, 4) is 0 Å². The molecule has 0 amide bonds. The average Bonchev–Trinajstić information content (AvgIpc) is 2.72. The van der Waals surface area contributed by atoms with Crippen molar-refractivity contribution in [2.45, 2.75) is 44.9 Å². The number of likely N-dealkylation sites (tertiary alicyclic amines) is 1. The second-order valence-corrected chi connectivity index (χ2v) is 4.88. The van der Waals surface area contributed by atoms with Gasteiger partial charge in [-0.25, -0.2) is 0 Å². The normalized spacial score (nSPS) is 28.4. The molecule has 0 aromatic rings. The van der Waals surface area contributed by atoms with Crippen LogP contribution in [0, 0.1) is 11.1 Å². The van der Waals surface area contributed by atoms with Crippen molar-refractivity contribution in [2.75, 3.05) is 19.6 Å². The number of nitrogens with zero attached hydrogens (tertiary/aromatic N) is 1. The van der Waals surface area contributed by atoms with E-state index in [1.165, 1.54) is 32.1 Å². The Labute approximate surface area is 81.1 Å². The van der Waals surface area contributed by atoms with E-state index in [2.05, 4.69) is 0 Å². The largest absolute Gasteiger partial charge is 0.633 e. The van der Waals surface area contributed by atoms with Gasteiger partial charge in [-0.15, -0.1) is 0 Å². The van der Waals surface area contributed by atoms with Gasteiger partial charge in [0.1, 0.15) is 0 Å². The molecule has 1 heterocycles. The zero-order chi connectivity index (χ0) is 9.15. The fourth-order valence-electron chi connectivity index (χ4n) is 2.85. The first-order valence-electron chi connectivity index (χ1n) is 5.86. The molecule has 0 radical (unpaired) electrons. The van der Waals surface area contributed by atoms with E-state index < -0.39 is 0 Å². The Morgan fingerprint density at radius 3 is 2.23 bits per heavy atom. The molecule has 2 heteroatoms. The van der Waals surface area contributed by atoms with Crippen LogP contribution in [0.5, 0.6) is 0 Å². The molecule has 0 spiro atoms. The highest BCUT2D eigenvalue weighted by atomic mass is 16.5. The molecule has 1 aliphatic heterocycles. The second-order valence-electron chi connectivity index (χ2n) is 4.88. The van der Waals surface area contributed by atoms with Crippen molar-refractivity contribution in [3.05, 3.63) is 5.21 Å². The van der Waals surface area contributed by atoms with Gasteiger partial charge in [-0.05, 0) is 12.3 Å². The lowest BCUT2D eigenvalue weighted by Crippen LogP contribution is -2.40. The van der Waals surface area contributed by atoms with Crippen LogP contribution in [0.2, 0.25) is 0 Å². The molecule has 0 aromatic carbocycles. The molecule has 0 bridgehead atoms. The number of hydroxylamine groups is 3. The highest BCUT2D eigenvalue weighted by Gasteiger charge is 2.24. The summed E-state index contributed by atoms with van der Waals surface area (Å²) in [6.07, 6.45) is 9.11. The van der Waals surface area contributed by atoms with E-state index in [9.17, 15) is 5.21 Å². The first-order valence-corrected chi connectivity index (χ1v) is 5.86. The molecule has 2 fully saturated rings. The van der Waals surface area contributed by atoms with Crippen LogP contribution >= 0.6 is 0 Å². The molecule has 0 atom stereocenters. The van der Waals surface area contributed by atoms with E-state index in [0.717, 1.165) is 38.4 Å². The van der Waals surface area contributed by atoms with Gasteiger partial charge in [0.2, 0.25) is 0 Å². The Hall–Kier alpha value is -0.0800. The summed E-state index contributed by atoms with van der Waals surface area (Å²) in [6.45, 7) is 2.70. The topological polar surface area (TPSA) is 23.1 Å². The number of hydrogen-bond acceptors (Lipinski definition) is 1. The summed E-state index contributed by atoms with van der Waals surface area (Å²) in [5, 5.41) is 12.0. The van der Waals surface area contributed by atoms with Crippen LogP contribution in [0.4, 0.5) is 0 Å². The maximum Gasteiger partial charge on any atom is 0.0786 e. The first kappa shape index (κ1) is 9.47. The van der Waals surface area contributed by atoms with Crippen molar-refractivity contribution >= 4 is 0 Å². The monoisotopic (exact) mass is 183 g/mol. The van der Waals surface area contributed by atoms with Gasteiger partial charge in [-0.2, -0.15) is 0 Å². The van der Waals surface area contributed by atoms with Gasteiger partial charge in [0.25, 0.3) is 0 Å². The fourth-order valence-corrected chi connectivity index (χ4v) is 2.85. The van der Waals surface area contributed by atoms with Crippen LogP contribution in [-0.2, 0) is 0 Å². The van der Waals surface area contributed by atoms with Crippen LogP contribution in [0.15, 0.2) is 0 Å². The molecule has 0 N–H and O–H groups in total. The van der Waals surface area contributed by atoms with Gasteiger partial charge in [0.05, 0.1) is 19.6 Å².